The average Bonchev–Trinajstić information content (AvgIpc) is 2.59. The number of benzene rings is 2. The number of amides is 2. The van der Waals surface area contributed by atoms with Crippen LogP contribution >= 0.6 is 0 Å². The molecule has 0 spiro atoms. The lowest BCUT2D eigenvalue weighted by Crippen LogP contribution is -2.23. The number of ether oxygens (including phenoxy) is 2. The van der Waals surface area contributed by atoms with Crippen molar-refractivity contribution in [1.29, 1.82) is 0 Å². The van der Waals surface area contributed by atoms with Gasteiger partial charge in [0.25, 0.3) is 5.91 Å². The van der Waals surface area contributed by atoms with Crippen molar-refractivity contribution in [3.05, 3.63) is 54.1 Å². The molecule has 0 aliphatic rings. The Labute approximate surface area is 151 Å². The normalized spacial score (nSPS) is 9.92. The molecule has 2 amide bonds. The first-order chi connectivity index (χ1) is 12.4. The zero-order chi connectivity index (χ0) is 18.9. The van der Waals surface area contributed by atoms with E-state index in [1.807, 2.05) is 19.1 Å². The molecule has 0 radical (unpaired) electrons. The van der Waals surface area contributed by atoms with Crippen molar-refractivity contribution in [2.24, 2.45) is 0 Å². The van der Waals surface area contributed by atoms with E-state index in [1.165, 1.54) is 6.92 Å². The van der Waals surface area contributed by atoms with Crippen molar-refractivity contribution in [3.8, 4) is 5.75 Å². The summed E-state index contributed by atoms with van der Waals surface area (Å²) >= 11 is 0. The minimum absolute atomic E-state index is 0.212. The number of hydrogen-bond acceptors (Lipinski definition) is 5. The summed E-state index contributed by atoms with van der Waals surface area (Å²) in [5, 5.41) is 5.20. The Morgan fingerprint density at radius 1 is 0.923 bits per heavy atom. The molecule has 0 bridgehead atoms. The Morgan fingerprint density at radius 3 is 2.31 bits per heavy atom. The van der Waals surface area contributed by atoms with Gasteiger partial charge in [0.2, 0.25) is 5.91 Å². The van der Waals surface area contributed by atoms with E-state index in [9.17, 15) is 14.4 Å². The highest BCUT2D eigenvalue weighted by Gasteiger charge is 2.10. The van der Waals surface area contributed by atoms with Gasteiger partial charge in [-0.25, -0.2) is 4.79 Å². The number of nitrogens with one attached hydrogen (secondary N) is 2. The maximum Gasteiger partial charge on any atom is 0.344 e. The highest BCUT2D eigenvalue weighted by atomic mass is 16.6. The number of rotatable bonds is 7. The maximum absolute atomic E-state index is 11.9. The lowest BCUT2D eigenvalue weighted by molar-refractivity contribution is -0.149. The molecule has 0 aromatic heterocycles. The first-order valence-electron chi connectivity index (χ1n) is 7.95. The standard InChI is InChI=1S/C19H20N2O5/c1-13-6-3-4-9-17(13)25-12-19(24)26-11-18(23)21-16-8-5-7-15(10-16)20-14(2)22/h3-10H,11-12H2,1-2H3,(H,20,22)(H,21,23). The van der Waals surface area contributed by atoms with Gasteiger partial charge in [-0.3, -0.25) is 9.59 Å². The molecule has 2 rings (SSSR count). The van der Waals surface area contributed by atoms with Crippen LogP contribution in [0.1, 0.15) is 12.5 Å². The van der Waals surface area contributed by atoms with Crippen LogP contribution in [0.2, 0.25) is 0 Å². The van der Waals surface area contributed by atoms with Crippen LogP contribution in [0.4, 0.5) is 11.4 Å². The van der Waals surface area contributed by atoms with E-state index in [4.69, 9.17) is 9.47 Å². The van der Waals surface area contributed by atoms with Gasteiger partial charge in [0.15, 0.2) is 13.2 Å². The second-order valence-electron chi connectivity index (χ2n) is 5.53. The Morgan fingerprint density at radius 2 is 1.62 bits per heavy atom. The lowest BCUT2D eigenvalue weighted by atomic mass is 10.2. The van der Waals surface area contributed by atoms with Gasteiger partial charge in [0, 0.05) is 18.3 Å². The van der Waals surface area contributed by atoms with Crippen LogP contribution in [0.15, 0.2) is 48.5 Å². The summed E-state index contributed by atoms with van der Waals surface area (Å²) in [6.07, 6.45) is 0. The van der Waals surface area contributed by atoms with Crippen LogP contribution in [-0.2, 0) is 19.1 Å². The van der Waals surface area contributed by atoms with Crippen LogP contribution in [0.25, 0.3) is 0 Å². The van der Waals surface area contributed by atoms with Crippen molar-refractivity contribution in [2.45, 2.75) is 13.8 Å². The van der Waals surface area contributed by atoms with Crippen molar-refractivity contribution in [2.75, 3.05) is 23.8 Å². The van der Waals surface area contributed by atoms with E-state index in [0.29, 0.717) is 17.1 Å². The summed E-state index contributed by atoms with van der Waals surface area (Å²) in [6.45, 7) is 2.55. The van der Waals surface area contributed by atoms with Crippen LogP contribution < -0.4 is 15.4 Å². The molecule has 0 aliphatic heterocycles. The quantitative estimate of drug-likeness (QED) is 0.744. The fourth-order valence-electron chi connectivity index (χ4n) is 2.12. The monoisotopic (exact) mass is 356 g/mol. The molecule has 0 saturated carbocycles. The third kappa shape index (κ3) is 6.27. The highest BCUT2D eigenvalue weighted by Crippen LogP contribution is 2.16. The second kappa shape index (κ2) is 9.22. The number of anilines is 2. The van der Waals surface area contributed by atoms with E-state index >= 15 is 0 Å². The van der Waals surface area contributed by atoms with Crippen molar-refractivity contribution in [3.63, 3.8) is 0 Å². The summed E-state index contributed by atoms with van der Waals surface area (Å²) in [5.74, 6) is -0.760. The Hall–Kier alpha value is -3.35. The molecule has 0 atom stereocenters. The number of hydrogen-bond donors (Lipinski definition) is 2. The summed E-state index contributed by atoms with van der Waals surface area (Å²) in [4.78, 5) is 34.6. The first kappa shape index (κ1) is 19.0. The molecule has 0 saturated heterocycles. The molecule has 136 valence electrons. The second-order valence-corrected chi connectivity index (χ2v) is 5.53. The maximum atomic E-state index is 11.9. The molecule has 0 aliphatic carbocycles. The molecule has 2 N–H and O–H groups in total. The molecule has 7 heteroatoms. The zero-order valence-electron chi connectivity index (χ0n) is 14.6. The number of esters is 1. The van der Waals surface area contributed by atoms with Gasteiger partial charge in [0.1, 0.15) is 5.75 Å². The van der Waals surface area contributed by atoms with E-state index in [0.717, 1.165) is 5.56 Å². The van der Waals surface area contributed by atoms with E-state index in [2.05, 4.69) is 10.6 Å². The molecule has 26 heavy (non-hydrogen) atoms. The lowest BCUT2D eigenvalue weighted by Gasteiger charge is -2.10. The topological polar surface area (TPSA) is 93.7 Å². The predicted octanol–water partition coefficient (Wildman–Crippen LogP) is 2.51. The number of carbonyl (C=O) groups is 3. The minimum Gasteiger partial charge on any atom is -0.482 e. The summed E-state index contributed by atoms with van der Waals surface area (Å²) < 4.78 is 10.2. The molecular formula is C19H20N2O5. The zero-order valence-corrected chi connectivity index (χ0v) is 14.6. The number of carbonyl (C=O) groups excluding carboxylic acids is 3. The molecule has 2 aromatic carbocycles. The van der Waals surface area contributed by atoms with Crippen LogP contribution in [0.5, 0.6) is 5.75 Å². The van der Waals surface area contributed by atoms with Gasteiger partial charge in [-0.2, -0.15) is 0 Å². The summed E-state index contributed by atoms with van der Waals surface area (Å²) in [7, 11) is 0. The summed E-state index contributed by atoms with van der Waals surface area (Å²) in [5.41, 5.74) is 1.93. The van der Waals surface area contributed by atoms with Crippen molar-refractivity contribution in [1.82, 2.24) is 0 Å². The third-order valence-corrected chi connectivity index (χ3v) is 3.27. The first-order valence-corrected chi connectivity index (χ1v) is 7.95. The Bertz CT molecular complexity index is 804. The summed E-state index contributed by atoms with van der Waals surface area (Å²) in [6, 6.07) is 13.9. The van der Waals surface area contributed by atoms with Crippen LogP contribution in [0, 0.1) is 6.92 Å². The molecular weight excluding hydrogens is 336 g/mol. The van der Waals surface area contributed by atoms with Crippen molar-refractivity contribution >= 4 is 29.2 Å². The van der Waals surface area contributed by atoms with Crippen molar-refractivity contribution < 1.29 is 23.9 Å². The van der Waals surface area contributed by atoms with E-state index in [1.54, 1.807) is 36.4 Å². The van der Waals surface area contributed by atoms with E-state index < -0.39 is 18.5 Å². The molecule has 2 aromatic rings. The molecule has 0 fully saturated rings. The number of aryl methyl sites for hydroxylation is 1. The number of para-hydroxylation sites is 1. The fourth-order valence-corrected chi connectivity index (χ4v) is 2.12. The SMILES string of the molecule is CC(=O)Nc1cccc(NC(=O)COC(=O)COc2ccccc2C)c1. The van der Waals surface area contributed by atoms with E-state index in [-0.39, 0.29) is 12.5 Å². The average molecular weight is 356 g/mol. The predicted molar refractivity (Wildman–Crippen MR) is 97.0 cm³/mol. The van der Waals surface area contributed by atoms with Gasteiger partial charge < -0.3 is 20.1 Å². The highest BCUT2D eigenvalue weighted by molar-refractivity contribution is 5.94. The van der Waals surface area contributed by atoms with Gasteiger partial charge >= 0.3 is 5.97 Å². The van der Waals surface area contributed by atoms with Gasteiger partial charge in [-0.1, -0.05) is 24.3 Å². The van der Waals surface area contributed by atoms with Gasteiger partial charge in [-0.15, -0.1) is 0 Å². The van der Waals surface area contributed by atoms with Crippen LogP contribution in [0.3, 0.4) is 0 Å². The Balaban J connectivity index is 1.77. The van der Waals surface area contributed by atoms with Gasteiger partial charge in [0.05, 0.1) is 0 Å². The fraction of sp³-hybridized carbons (Fsp3) is 0.211. The largest absolute Gasteiger partial charge is 0.482 e. The smallest absolute Gasteiger partial charge is 0.344 e. The molecule has 0 unspecified atom stereocenters. The molecule has 0 heterocycles. The Kier molecular flexibility index (Phi) is 6.73. The third-order valence-electron chi connectivity index (χ3n) is 3.27. The van der Waals surface area contributed by atoms with Gasteiger partial charge in [-0.05, 0) is 36.8 Å². The van der Waals surface area contributed by atoms with Crippen LogP contribution in [-0.4, -0.2) is 31.0 Å². The molecule has 7 nitrogen and oxygen atoms in total. The minimum atomic E-state index is -0.643.